The van der Waals surface area contributed by atoms with E-state index in [9.17, 15) is 19.5 Å². The molecule has 2 aromatic rings. The molecule has 4 aliphatic carbocycles. The van der Waals surface area contributed by atoms with Crippen LogP contribution in [0.2, 0.25) is 0 Å². The first-order valence-corrected chi connectivity index (χ1v) is 15.8. The summed E-state index contributed by atoms with van der Waals surface area (Å²) >= 11 is 0. The molecule has 6 unspecified atom stereocenters. The number of amides is 1. The van der Waals surface area contributed by atoms with Gasteiger partial charge in [-0.15, -0.1) is 0 Å². The smallest absolute Gasteiger partial charge is 0.480 e. The predicted octanol–water partition coefficient (Wildman–Crippen LogP) is 6.67. The van der Waals surface area contributed by atoms with Gasteiger partial charge < -0.3 is 19.5 Å². The fourth-order valence-corrected chi connectivity index (χ4v) is 8.85. The predicted molar refractivity (Wildman–Crippen MR) is 165 cm³/mol. The number of carboxylic acid groups (broad SMARTS) is 1. The van der Waals surface area contributed by atoms with Crippen LogP contribution >= 0.6 is 0 Å². The Bertz CT molecular complexity index is 1460. The summed E-state index contributed by atoms with van der Waals surface area (Å²) in [4.78, 5) is 42.3. The number of carbonyl (C=O) groups is 3. The summed E-state index contributed by atoms with van der Waals surface area (Å²) in [5.74, 6) is 0.146. The van der Waals surface area contributed by atoms with Crippen LogP contribution in [0.25, 0.3) is 5.57 Å². The van der Waals surface area contributed by atoms with Gasteiger partial charge in [-0.05, 0) is 89.9 Å². The Morgan fingerprint density at radius 3 is 2.52 bits per heavy atom. The zero-order valence-electron chi connectivity index (χ0n) is 25.6. The minimum atomic E-state index is -1.13. The first-order chi connectivity index (χ1) is 21.2. The van der Waals surface area contributed by atoms with Crippen LogP contribution in [0.1, 0.15) is 69.9 Å². The van der Waals surface area contributed by atoms with Gasteiger partial charge in [-0.25, -0.2) is 4.79 Å². The maximum absolute atomic E-state index is 12.8. The van der Waals surface area contributed by atoms with Gasteiger partial charge in [-0.3, -0.25) is 14.6 Å². The molecule has 0 bridgehead atoms. The second-order valence-corrected chi connectivity index (χ2v) is 13.5. The second kappa shape index (κ2) is 12.2. The van der Waals surface area contributed by atoms with Gasteiger partial charge in [-0.2, -0.15) is 0 Å². The van der Waals surface area contributed by atoms with Crippen LogP contribution in [-0.4, -0.2) is 52.3 Å². The van der Waals surface area contributed by atoms with E-state index in [1.54, 1.807) is 0 Å². The van der Waals surface area contributed by atoms with Gasteiger partial charge in [0, 0.05) is 25.4 Å². The molecule has 1 aromatic carbocycles. The van der Waals surface area contributed by atoms with Crippen molar-refractivity contribution in [1.82, 2.24) is 9.88 Å². The summed E-state index contributed by atoms with van der Waals surface area (Å²) < 4.78 is 10.9. The van der Waals surface area contributed by atoms with Crippen LogP contribution < -0.4 is 0 Å². The highest BCUT2D eigenvalue weighted by Gasteiger charge is 2.57. The Balaban J connectivity index is 1.05. The van der Waals surface area contributed by atoms with Crippen LogP contribution in [-0.2, 0) is 25.6 Å². The Morgan fingerprint density at radius 2 is 1.77 bits per heavy atom. The summed E-state index contributed by atoms with van der Waals surface area (Å²) in [6.45, 7) is 3.95. The molecule has 44 heavy (non-hydrogen) atoms. The molecule has 8 nitrogen and oxygen atoms in total. The zero-order valence-corrected chi connectivity index (χ0v) is 25.6. The highest BCUT2D eigenvalue weighted by atomic mass is 16.7. The fraction of sp³-hybridized carbons (Fsp3) is 0.500. The fourth-order valence-electron chi connectivity index (χ4n) is 8.85. The first kappa shape index (κ1) is 30.1. The Hall–Kier alpha value is -3.94. The van der Waals surface area contributed by atoms with Crippen molar-refractivity contribution in [3.63, 3.8) is 0 Å². The minimum Gasteiger partial charge on any atom is -0.480 e. The number of fused-ring (bicyclic) bond motifs is 5. The molecule has 1 N–H and O–H groups in total. The molecule has 6 rings (SSSR count). The van der Waals surface area contributed by atoms with Gasteiger partial charge >= 0.3 is 12.1 Å². The number of hydrogen-bond donors (Lipinski definition) is 1. The van der Waals surface area contributed by atoms with Crippen molar-refractivity contribution in [3.05, 3.63) is 83.7 Å². The number of aromatic nitrogens is 1. The molecule has 1 aromatic heterocycles. The number of rotatable bonds is 8. The quantitative estimate of drug-likeness (QED) is 0.267. The van der Waals surface area contributed by atoms with Gasteiger partial charge in [-0.1, -0.05) is 68.0 Å². The summed E-state index contributed by atoms with van der Waals surface area (Å²) in [6.07, 6.45) is 14.5. The second-order valence-electron chi connectivity index (χ2n) is 13.5. The molecular formula is C36H42N2O6. The third kappa shape index (κ3) is 5.78. The standard InChI is InChI=1S/C36H42N2O6/c1-35-16-14-27(44-34(42)43-23-32(39)38(22-33(40)41)21-24-7-4-3-5-8-24)19-26(35)10-11-28-30-13-12-29(25-9-6-18-37-20-25)36(30,2)17-15-31(28)35/h3-10,12,18,20,27-28,30-31H,11,13-17,19,21-23H2,1-2H3,(H,40,41). The number of benzene rings is 1. The maximum Gasteiger partial charge on any atom is 0.509 e. The van der Waals surface area contributed by atoms with E-state index in [1.165, 1.54) is 29.6 Å². The third-order valence-corrected chi connectivity index (χ3v) is 11.1. The van der Waals surface area contributed by atoms with E-state index in [-0.39, 0.29) is 23.5 Å². The first-order valence-electron chi connectivity index (χ1n) is 15.8. The van der Waals surface area contributed by atoms with Crippen LogP contribution in [0, 0.1) is 28.6 Å². The molecular weight excluding hydrogens is 556 g/mol. The zero-order chi connectivity index (χ0) is 30.9. The van der Waals surface area contributed by atoms with Crippen molar-refractivity contribution in [1.29, 1.82) is 0 Å². The van der Waals surface area contributed by atoms with Crippen LogP contribution in [0.5, 0.6) is 0 Å². The summed E-state index contributed by atoms with van der Waals surface area (Å²) in [7, 11) is 0. The van der Waals surface area contributed by atoms with Crippen molar-refractivity contribution in [2.75, 3.05) is 13.2 Å². The van der Waals surface area contributed by atoms with E-state index in [1.807, 2.05) is 48.8 Å². The van der Waals surface area contributed by atoms with Crippen LogP contribution in [0.3, 0.4) is 0 Å². The molecule has 1 heterocycles. The van der Waals surface area contributed by atoms with E-state index in [4.69, 9.17) is 9.47 Å². The van der Waals surface area contributed by atoms with Gasteiger partial charge in [0.2, 0.25) is 0 Å². The van der Waals surface area contributed by atoms with Gasteiger partial charge in [0.05, 0.1) is 0 Å². The highest BCUT2D eigenvalue weighted by Crippen LogP contribution is 2.66. The lowest BCUT2D eigenvalue weighted by molar-refractivity contribution is -0.146. The van der Waals surface area contributed by atoms with E-state index < -0.39 is 31.2 Å². The maximum atomic E-state index is 12.8. The molecule has 0 saturated heterocycles. The van der Waals surface area contributed by atoms with Gasteiger partial charge in [0.25, 0.3) is 5.91 Å². The SMILES string of the molecule is CC12CCC(OC(=O)OCC(=O)N(CC(=O)O)Cc3ccccc3)CC1=CCC1C2CCC2(C)C(c3cccnc3)=CCC12. The number of carbonyl (C=O) groups excluding carboxylic acids is 2. The topological polar surface area (TPSA) is 106 Å². The molecule has 0 aliphatic heterocycles. The van der Waals surface area contributed by atoms with Crippen molar-refractivity contribution >= 4 is 23.6 Å². The Labute approximate surface area is 259 Å². The average Bonchev–Trinajstić information content (AvgIpc) is 3.37. The van der Waals surface area contributed by atoms with Crippen molar-refractivity contribution < 1.29 is 29.0 Å². The van der Waals surface area contributed by atoms with E-state index >= 15 is 0 Å². The number of hydrogen-bond acceptors (Lipinski definition) is 6. The monoisotopic (exact) mass is 598 g/mol. The number of nitrogens with zero attached hydrogens (tertiary/aromatic N) is 2. The lowest BCUT2D eigenvalue weighted by atomic mass is 9.47. The van der Waals surface area contributed by atoms with E-state index in [0.29, 0.717) is 24.2 Å². The van der Waals surface area contributed by atoms with Gasteiger partial charge in [0.15, 0.2) is 6.61 Å². The molecule has 2 saturated carbocycles. The lowest BCUT2D eigenvalue weighted by Crippen LogP contribution is -2.50. The normalized spacial score (nSPS) is 30.5. The molecule has 0 spiro atoms. The van der Waals surface area contributed by atoms with Crippen molar-refractivity contribution in [3.8, 4) is 0 Å². The van der Waals surface area contributed by atoms with Crippen molar-refractivity contribution in [2.45, 2.75) is 71.4 Å². The molecule has 0 radical (unpaired) electrons. The lowest BCUT2D eigenvalue weighted by Gasteiger charge is -2.57. The van der Waals surface area contributed by atoms with Crippen molar-refractivity contribution in [2.24, 2.45) is 28.6 Å². The molecule has 1 amide bonds. The highest BCUT2D eigenvalue weighted by molar-refractivity contribution is 5.83. The summed E-state index contributed by atoms with van der Waals surface area (Å²) in [5.41, 5.74) is 5.17. The number of ether oxygens (including phenoxy) is 2. The molecule has 6 atom stereocenters. The number of allylic oxidation sites excluding steroid dienone is 3. The average molecular weight is 599 g/mol. The molecule has 232 valence electrons. The van der Waals surface area contributed by atoms with E-state index in [0.717, 1.165) is 36.1 Å². The van der Waals surface area contributed by atoms with Crippen LogP contribution in [0.4, 0.5) is 4.79 Å². The summed E-state index contributed by atoms with van der Waals surface area (Å²) in [5, 5.41) is 9.27. The number of aliphatic carboxylic acids is 1. The summed E-state index contributed by atoms with van der Waals surface area (Å²) in [6, 6.07) is 13.3. The largest absolute Gasteiger partial charge is 0.509 e. The molecule has 4 aliphatic rings. The Kier molecular flexibility index (Phi) is 8.36. The number of pyridine rings is 1. The number of carboxylic acids is 1. The Morgan fingerprint density at radius 1 is 0.977 bits per heavy atom. The third-order valence-electron chi connectivity index (χ3n) is 11.1. The van der Waals surface area contributed by atoms with Gasteiger partial charge in [0.1, 0.15) is 12.6 Å². The molecule has 2 fully saturated rings. The minimum absolute atomic E-state index is 0.0931. The molecule has 8 heteroatoms. The van der Waals surface area contributed by atoms with Crippen LogP contribution in [0.15, 0.2) is 72.6 Å². The van der Waals surface area contributed by atoms with E-state index in [2.05, 4.69) is 37.0 Å².